The van der Waals surface area contributed by atoms with Crippen LogP contribution in [0.5, 0.6) is 6.01 Å². The second kappa shape index (κ2) is 6.87. The lowest BCUT2D eigenvalue weighted by Gasteiger charge is -2.12. The van der Waals surface area contributed by atoms with Gasteiger partial charge in [-0.05, 0) is 20.3 Å². The molecule has 114 valence electrons. The summed E-state index contributed by atoms with van der Waals surface area (Å²) in [5.74, 6) is 2.22. The summed E-state index contributed by atoms with van der Waals surface area (Å²) in [5.41, 5.74) is 0. The Kier molecular flexibility index (Phi) is 4.91. The molecule has 21 heavy (non-hydrogen) atoms. The molecule has 2 aromatic heterocycles. The molecule has 1 atom stereocenters. The van der Waals surface area contributed by atoms with Crippen LogP contribution in [0, 0.1) is 6.92 Å². The van der Waals surface area contributed by atoms with Crippen molar-refractivity contribution in [1.82, 2.24) is 19.9 Å². The van der Waals surface area contributed by atoms with E-state index in [2.05, 4.69) is 37.5 Å². The number of aromatic nitrogens is 4. The van der Waals surface area contributed by atoms with Gasteiger partial charge in [0.1, 0.15) is 11.8 Å². The molecule has 8 nitrogen and oxygen atoms in total. The highest BCUT2D eigenvalue weighted by atomic mass is 16.5. The van der Waals surface area contributed by atoms with Crippen LogP contribution >= 0.6 is 0 Å². The Morgan fingerprint density at radius 1 is 1.29 bits per heavy atom. The Bertz CT molecular complexity index is 586. The maximum absolute atomic E-state index is 5.48. The van der Waals surface area contributed by atoms with E-state index in [4.69, 9.17) is 9.15 Å². The van der Waals surface area contributed by atoms with Crippen molar-refractivity contribution >= 4 is 11.9 Å². The molecule has 0 amide bonds. The Hall–Kier alpha value is -2.38. The number of hydrogen-bond acceptors (Lipinski definition) is 8. The number of ether oxygens (including phenoxy) is 1. The minimum Gasteiger partial charge on any atom is -0.467 e. The Morgan fingerprint density at radius 3 is 2.67 bits per heavy atom. The lowest BCUT2D eigenvalue weighted by molar-refractivity contribution is 0.379. The second-order valence-corrected chi connectivity index (χ2v) is 4.57. The molecule has 0 bridgehead atoms. The van der Waals surface area contributed by atoms with E-state index in [-0.39, 0.29) is 12.1 Å². The van der Waals surface area contributed by atoms with E-state index in [0.29, 0.717) is 17.8 Å². The van der Waals surface area contributed by atoms with Crippen LogP contribution in [0.2, 0.25) is 0 Å². The van der Waals surface area contributed by atoms with Crippen molar-refractivity contribution in [3.63, 3.8) is 0 Å². The Morgan fingerprint density at radius 2 is 2.05 bits per heavy atom. The summed E-state index contributed by atoms with van der Waals surface area (Å²) in [5, 5.41) is 6.23. The SMILES string of the molecule is CCCNc1nc(NC(C)c2ncc(C)o2)nc(OC)n1. The first-order chi connectivity index (χ1) is 10.1. The summed E-state index contributed by atoms with van der Waals surface area (Å²) >= 11 is 0. The molecule has 2 aromatic rings. The number of hydrogen-bond donors (Lipinski definition) is 2. The van der Waals surface area contributed by atoms with Crippen LogP contribution in [0.3, 0.4) is 0 Å². The quantitative estimate of drug-likeness (QED) is 0.801. The van der Waals surface area contributed by atoms with Crippen molar-refractivity contribution in [2.45, 2.75) is 33.2 Å². The monoisotopic (exact) mass is 292 g/mol. The van der Waals surface area contributed by atoms with E-state index < -0.39 is 0 Å². The minimum atomic E-state index is -0.162. The molecule has 0 aliphatic rings. The molecule has 1 unspecified atom stereocenters. The topological polar surface area (TPSA) is 98.0 Å². The van der Waals surface area contributed by atoms with Gasteiger partial charge in [0, 0.05) is 6.54 Å². The van der Waals surface area contributed by atoms with Crippen LogP contribution in [0.25, 0.3) is 0 Å². The normalized spacial score (nSPS) is 12.0. The van der Waals surface area contributed by atoms with Crippen LogP contribution in [0.15, 0.2) is 10.6 Å². The van der Waals surface area contributed by atoms with E-state index in [0.717, 1.165) is 18.7 Å². The van der Waals surface area contributed by atoms with Gasteiger partial charge in [-0.3, -0.25) is 0 Å². The fourth-order valence-electron chi connectivity index (χ4n) is 1.66. The molecule has 0 aliphatic heterocycles. The van der Waals surface area contributed by atoms with Crippen LogP contribution in [0.4, 0.5) is 11.9 Å². The van der Waals surface area contributed by atoms with Crippen LogP contribution in [-0.4, -0.2) is 33.6 Å². The van der Waals surface area contributed by atoms with Gasteiger partial charge in [-0.15, -0.1) is 0 Å². The van der Waals surface area contributed by atoms with Crippen molar-refractivity contribution in [2.24, 2.45) is 0 Å². The number of aryl methyl sites for hydroxylation is 1. The molecule has 0 saturated heterocycles. The third-order valence-electron chi connectivity index (χ3n) is 2.69. The van der Waals surface area contributed by atoms with E-state index in [1.165, 1.54) is 7.11 Å². The minimum absolute atomic E-state index is 0.162. The highest BCUT2D eigenvalue weighted by Gasteiger charge is 2.14. The first-order valence-corrected chi connectivity index (χ1v) is 6.85. The Labute approximate surface area is 123 Å². The Balaban J connectivity index is 2.14. The maximum atomic E-state index is 5.48. The smallest absolute Gasteiger partial charge is 0.322 e. The molecule has 0 saturated carbocycles. The summed E-state index contributed by atoms with van der Waals surface area (Å²) < 4.78 is 10.6. The number of rotatable bonds is 7. The number of nitrogens with one attached hydrogen (secondary N) is 2. The molecular formula is C13H20N6O2. The molecule has 0 spiro atoms. The van der Waals surface area contributed by atoms with Crippen molar-refractivity contribution < 1.29 is 9.15 Å². The van der Waals surface area contributed by atoms with Gasteiger partial charge in [-0.2, -0.15) is 15.0 Å². The number of nitrogens with zero attached hydrogens (tertiary/aromatic N) is 4. The predicted octanol–water partition coefficient (Wildman–Crippen LogP) is 2.17. The lowest BCUT2D eigenvalue weighted by atomic mass is 10.3. The third-order valence-corrected chi connectivity index (χ3v) is 2.69. The number of oxazole rings is 1. The first kappa shape index (κ1) is 15.0. The average Bonchev–Trinajstić information content (AvgIpc) is 2.91. The maximum Gasteiger partial charge on any atom is 0.322 e. The summed E-state index contributed by atoms with van der Waals surface area (Å²) in [6.07, 6.45) is 2.65. The van der Waals surface area contributed by atoms with Gasteiger partial charge in [0.05, 0.1) is 13.3 Å². The van der Waals surface area contributed by atoms with Crippen LogP contribution in [0.1, 0.15) is 38.0 Å². The van der Waals surface area contributed by atoms with Gasteiger partial charge < -0.3 is 19.8 Å². The zero-order valence-electron chi connectivity index (χ0n) is 12.7. The van der Waals surface area contributed by atoms with Gasteiger partial charge in [-0.1, -0.05) is 6.92 Å². The number of methoxy groups -OCH3 is 1. The standard InChI is InChI=1S/C13H20N6O2/c1-5-6-14-11-17-12(19-13(18-11)20-4)16-9(3)10-15-7-8(2)21-10/h7,9H,5-6H2,1-4H3,(H2,14,16,17,18,19). The van der Waals surface area contributed by atoms with Gasteiger partial charge in [0.15, 0.2) is 0 Å². The van der Waals surface area contributed by atoms with E-state index in [9.17, 15) is 0 Å². The molecule has 2 rings (SSSR count). The summed E-state index contributed by atoms with van der Waals surface area (Å²) in [7, 11) is 1.52. The van der Waals surface area contributed by atoms with Crippen LogP contribution < -0.4 is 15.4 Å². The predicted molar refractivity (Wildman–Crippen MR) is 78.4 cm³/mol. The van der Waals surface area contributed by atoms with Crippen molar-refractivity contribution in [3.8, 4) is 6.01 Å². The second-order valence-electron chi connectivity index (χ2n) is 4.57. The molecule has 8 heteroatoms. The molecule has 0 fully saturated rings. The molecule has 0 aromatic carbocycles. The van der Waals surface area contributed by atoms with Crippen molar-refractivity contribution in [2.75, 3.05) is 24.3 Å². The van der Waals surface area contributed by atoms with Crippen molar-refractivity contribution in [1.29, 1.82) is 0 Å². The largest absolute Gasteiger partial charge is 0.467 e. The van der Waals surface area contributed by atoms with Gasteiger partial charge in [0.2, 0.25) is 17.8 Å². The fourth-order valence-corrected chi connectivity index (χ4v) is 1.66. The van der Waals surface area contributed by atoms with Gasteiger partial charge in [0.25, 0.3) is 0 Å². The van der Waals surface area contributed by atoms with Gasteiger partial charge >= 0.3 is 6.01 Å². The van der Waals surface area contributed by atoms with Crippen LogP contribution in [-0.2, 0) is 0 Å². The zero-order chi connectivity index (χ0) is 15.2. The summed E-state index contributed by atoms with van der Waals surface area (Å²) in [4.78, 5) is 16.8. The first-order valence-electron chi connectivity index (χ1n) is 6.85. The van der Waals surface area contributed by atoms with E-state index in [1.807, 2.05) is 13.8 Å². The third kappa shape index (κ3) is 4.04. The lowest BCUT2D eigenvalue weighted by Crippen LogP contribution is -2.13. The summed E-state index contributed by atoms with van der Waals surface area (Å²) in [6.45, 7) is 6.61. The molecule has 0 aliphatic carbocycles. The number of anilines is 2. The average molecular weight is 292 g/mol. The summed E-state index contributed by atoms with van der Waals surface area (Å²) in [6, 6.07) is 0.0896. The molecule has 0 radical (unpaired) electrons. The molecule has 2 heterocycles. The highest BCUT2D eigenvalue weighted by Crippen LogP contribution is 2.18. The molecular weight excluding hydrogens is 272 g/mol. The fraction of sp³-hybridized carbons (Fsp3) is 0.538. The van der Waals surface area contributed by atoms with Gasteiger partial charge in [-0.25, -0.2) is 4.98 Å². The van der Waals surface area contributed by atoms with Crippen molar-refractivity contribution in [3.05, 3.63) is 17.8 Å². The van der Waals surface area contributed by atoms with E-state index >= 15 is 0 Å². The zero-order valence-corrected chi connectivity index (χ0v) is 12.7. The molecule has 2 N–H and O–H groups in total. The van der Waals surface area contributed by atoms with E-state index in [1.54, 1.807) is 6.20 Å². The highest BCUT2D eigenvalue weighted by molar-refractivity contribution is 5.36.